The van der Waals surface area contributed by atoms with Crippen molar-refractivity contribution in [3.05, 3.63) is 94.8 Å². The smallest absolute Gasteiger partial charge is 0.175 e. The molecule has 0 unspecified atom stereocenters. The highest BCUT2D eigenvalue weighted by molar-refractivity contribution is 5.66. The van der Waals surface area contributed by atoms with Gasteiger partial charge >= 0.3 is 0 Å². The first kappa shape index (κ1) is 15.9. The molecule has 0 aromatic heterocycles. The van der Waals surface area contributed by atoms with Gasteiger partial charge in [-0.3, -0.25) is 0 Å². The molecule has 3 aromatic rings. The molecule has 0 N–H and O–H groups in total. The fourth-order valence-corrected chi connectivity index (χ4v) is 2.27. The van der Waals surface area contributed by atoms with Crippen LogP contribution in [0.4, 0.5) is 13.2 Å². The molecule has 0 saturated carbocycles. The molecule has 0 aliphatic heterocycles. The van der Waals surface area contributed by atoms with Gasteiger partial charge < -0.3 is 0 Å². The number of aryl methyl sites for hydroxylation is 1. The van der Waals surface area contributed by atoms with E-state index in [1.54, 1.807) is 12.1 Å². The molecule has 0 atom stereocenters. The highest BCUT2D eigenvalue weighted by Crippen LogP contribution is 2.26. The van der Waals surface area contributed by atoms with Crippen molar-refractivity contribution in [2.24, 2.45) is 0 Å². The molecule has 3 rings (SSSR count). The van der Waals surface area contributed by atoms with Crippen molar-refractivity contribution in [2.45, 2.75) is 6.92 Å². The van der Waals surface area contributed by atoms with Crippen LogP contribution in [0, 0.1) is 36.2 Å². The van der Waals surface area contributed by atoms with Crippen molar-refractivity contribution in [3.63, 3.8) is 0 Å². The van der Waals surface area contributed by atoms with E-state index in [1.165, 1.54) is 36.4 Å². The summed E-state index contributed by atoms with van der Waals surface area (Å²) in [5.41, 5.74) is 2.34. The van der Waals surface area contributed by atoms with Crippen LogP contribution in [-0.4, -0.2) is 0 Å². The van der Waals surface area contributed by atoms with E-state index in [1.807, 2.05) is 19.1 Å². The molecule has 118 valence electrons. The third-order valence-electron chi connectivity index (χ3n) is 3.63. The van der Waals surface area contributed by atoms with Gasteiger partial charge in [0.25, 0.3) is 0 Å². The van der Waals surface area contributed by atoms with Gasteiger partial charge in [0.15, 0.2) is 11.6 Å². The standard InChI is InChI=1S/C21H13F3/c1-14-2-7-16(8-3-14)19-13-10-17(20(23)21(19)24)9-4-15-5-11-18(22)12-6-15/h2-3,5-8,10-13H,1H3. The molecule has 3 aromatic carbocycles. The lowest BCUT2D eigenvalue weighted by Gasteiger charge is -2.06. The average Bonchev–Trinajstić information content (AvgIpc) is 2.59. The van der Waals surface area contributed by atoms with Crippen molar-refractivity contribution in [1.29, 1.82) is 0 Å². The Morgan fingerprint density at radius 2 is 1.33 bits per heavy atom. The van der Waals surface area contributed by atoms with Crippen LogP contribution in [0.1, 0.15) is 16.7 Å². The predicted octanol–water partition coefficient (Wildman–Crippen LogP) is 5.48. The van der Waals surface area contributed by atoms with E-state index in [2.05, 4.69) is 11.8 Å². The first-order valence-electron chi connectivity index (χ1n) is 7.37. The summed E-state index contributed by atoms with van der Waals surface area (Å²) >= 11 is 0. The second kappa shape index (κ2) is 6.64. The van der Waals surface area contributed by atoms with Gasteiger partial charge in [0, 0.05) is 11.1 Å². The first-order valence-corrected chi connectivity index (χ1v) is 7.37. The SMILES string of the molecule is Cc1ccc(-c2ccc(C#Cc3ccc(F)cc3)c(F)c2F)cc1. The average molecular weight is 322 g/mol. The largest absolute Gasteiger partial charge is 0.207 e. The molecular formula is C21H13F3. The monoisotopic (exact) mass is 322 g/mol. The van der Waals surface area contributed by atoms with Gasteiger partial charge in [0.1, 0.15) is 5.82 Å². The van der Waals surface area contributed by atoms with Gasteiger partial charge in [0.05, 0.1) is 5.56 Å². The van der Waals surface area contributed by atoms with E-state index < -0.39 is 11.6 Å². The zero-order valence-electron chi connectivity index (χ0n) is 12.9. The second-order valence-electron chi connectivity index (χ2n) is 5.41. The first-order chi connectivity index (χ1) is 11.5. The van der Waals surface area contributed by atoms with E-state index in [4.69, 9.17) is 0 Å². The van der Waals surface area contributed by atoms with Gasteiger partial charge in [-0.2, -0.15) is 0 Å². The molecule has 0 aliphatic rings. The summed E-state index contributed by atoms with van der Waals surface area (Å²) in [6.07, 6.45) is 0. The van der Waals surface area contributed by atoms with Crippen LogP contribution >= 0.6 is 0 Å². The Morgan fingerprint density at radius 3 is 2.00 bits per heavy atom. The highest BCUT2D eigenvalue weighted by Gasteiger charge is 2.13. The summed E-state index contributed by atoms with van der Waals surface area (Å²) in [6.45, 7) is 1.93. The van der Waals surface area contributed by atoms with Crippen LogP contribution in [0.2, 0.25) is 0 Å². The maximum atomic E-state index is 14.3. The van der Waals surface area contributed by atoms with E-state index in [0.717, 1.165) is 5.56 Å². The maximum absolute atomic E-state index is 14.3. The van der Waals surface area contributed by atoms with Gasteiger partial charge in [-0.15, -0.1) is 0 Å². The van der Waals surface area contributed by atoms with E-state index in [9.17, 15) is 13.2 Å². The van der Waals surface area contributed by atoms with Crippen LogP contribution in [0.25, 0.3) is 11.1 Å². The number of hydrogen-bond donors (Lipinski definition) is 0. The topological polar surface area (TPSA) is 0 Å². The second-order valence-corrected chi connectivity index (χ2v) is 5.41. The molecule has 0 spiro atoms. The van der Waals surface area contributed by atoms with Crippen molar-refractivity contribution >= 4 is 0 Å². The van der Waals surface area contributed by atoms with Crippen LogP contribution in [0.5, 0.6) is 0 Å². The third-order valence-corrected chi connectivity index (χ3v) is 3.63. The summed E-state index contributed by atoms with van der Waals surface area (Å²) in [7, 11) is 0. The Bertz CT molecular complexity index is 928. The molecular weight excluding hydrogens is 309 g/mol. The number of hydrogen-bond acceptors (Lipinski definition) is 0. The molecule has 0 aliphatic carbocycles. The Morgan fingerprint density at radius 1 is 0.667 bits per heavy atom. The quantitative estimate of drug-likeness (QED) is 0.521. The van der Waals surface area contributed by atoms with Crippen LogP contribution < -0.4 is 0 Å². The fourth-order valence-electron chi connectivity index (χ4n) is 2.27. The summed E-state index contributed by atoms with van der Waals surface area (Å²) in [6, 6.07) is 15.6. The Balaban J connectivity index is 1.96. The van der Waals surface area contributed by atoms with Crippen molar-refractivity contribution in [3.8, 4) is 23.0 Å². The number of benzene rings is 3. The van der Waals surface area contributed by atoms with E-state index >= 15 is 0 Å². The Kier molecular flexibility index (Phi) is 4.39. The van der Waals surface area contributed by atoms with Gasteiger partial charge in [-0.25, -0.2) is 13.2 Å². The lowest BCUT2D eigenvalue weighted by molar-refractivity contribution is 0.509. The fraction of sp³-hybridized carbons (Fsp3) is 0.0476. The third kappa shape index (κ3) is 3.33. The molecule has 0 saturated heterocycles. The minimum absolute atomic E-state index is 0.0345. The highest BCUT2D eigenvalue weighted by atomic mass is 19.2. The maximum Gasteiger partial charge on any atom is 0.175 e. The van der Waals surface area contributed by atoms with Crippen LogP contribution in [-0.2, 0) is 0 Å². The number of halogens is 3. The van der Waals surface area contributed by atoms with Crippen molar-refractivity contribution in [1.82, 2.24) is 0 Å². The summed E-state index contributed by atoms with van der Waals surface area (Å²) in [5.74, 6) is 3.00. The molecule has 0 fully saturated rings. The molecule has 0 radical (unpaired) electrons. The van der Waals surface area contributed by atoms with Gasteiger partial charge in [-0.05, 0) is 48.9 Å². The molecule has 0 bridgehead atoms. The lowest BCUT2D eigenvalue weighted by atomic mass is 10.0. The van der Waals surface area contributed by atoms with Crippen LogP contribution in [0.3, 0.4) is 0 Å². The predicted molar refractivity (Wildman–Crippen MR) is 88.9 cm³/mol. The minimum Gasteiger partial charge on any atom is -0.207 e. The van der Waals surface area contributed by atoms with Crippen molar-refractivity contribution in [2.75, 3.05) is 0 Å². The molecule has 0 nitrogen and oxygen atoms in total. The molecule has 0 heterocycles. The summed E-state index contributed by atoms with van der Waals surface area (Å²) in [5, 5.41) is 0. The van der Waals surface area contributed by atoms with Gasteiger partial charge in [-0.1, -0.05) is 41.7 Å². The number of rotatable bonds is 1. The zero-order chi connectivity index (χ0) is 17.1. The molecule has 24 heavy (non-hydrogen) atoms. The van der Waals surface area contributed by atoms with E-state index in [-0.39, 0.29) is 16.9 Å². The van der Waals surface area contributed by atoms with Crippen LogP contribution in [0.15, 0.2) is 60.7 Å². The minimum atomic E-state index is -0.984. The normalized spacial score (nSPS) is 10.2. The molecule has 3 heteroatoms. The van der Waals surface area contributed by atoms with Crippen molar-refractivity contribution < 1.29 is 13.2 Å². The Labute approximate surface area is 138 Å². The Hall–Kier alpha value is -2.99. The molecule has 0 amide bonds. The van der Waals surface area contributed by atoms with E-state index in [0.29, 0.717) is 11.1 Å². The summed E-state index contributed by atoms with van der Waals surface area (Å²) < 4.78 is 41.4. The lowest BCUT2D eigenvalue weighted by Crippen LogP contribution is -1.94. The zero-order valence-corrected chi connectivity index (χ0v) is 12.9. The summed E-state index contributed by atoms with van der Waals surface area (Å²) in [4.78, 5) is 0. The van der Waals surface area contributed by atoms with Gasteiger partial charge in [0.2, 0.25) is 0 Å².